The fourth-order valence-corrected chi connectivity index (χ4v) is 3.08. The highest BCUT2D eigenvalue weighted by Gasteiger charge is 2.19. The van der Waals surface area contributed by atoms with Crippen LogP contribution in [0.15, 0.2) is 18.2 Å². The first-order valence-corrected chi connectivity index (χ1v) is 7.03. The minimum absolute atomic E-state index is 0.0765. The molecule has 1 N–H and O–H groups in total. The number of ether oxygens (including phenoxy) is 1. The molecule has 0 radical (unpaired) electrons. The Balaban J connectivity index is 2.17. The molecule has 1 aromatic carbocycles. The molecule has 1 aliphatic rings. The summed E-state index contributed by atoms with van der Waals surface area (Å²) in [4.78, 5) is 10.7. The summed E-state index contributed by atoms with van der Waals surface area (Å²) < 4.78 is 5.01. The van der Waals surface area contributed by atoms with Crippen LogP contribution in [0.1, 0.15) is 12.8 Å². The molecular formula is C12H16N2O3S. The van der Waals surface area contributed by atoms with Crippen molar-refractivity contribution >= 4 is 23.1 Å². The van der Waals surface area contributed by atoms with Gasteiger partial charge in [-0.05, 0) is 36.5 Å². The summed E-state index contributed by atoms with van der Waals surface area (Å²) in [6, 6.07) is 5.25. The van der Waals surface area contributed by atoms with Crippen LogP contribution in [0.5, 0.6) is 5.75 Å². The van der Waals surface area contributed by atoms with Gasteiger partial charge in [0.25, 0.3) is 5.69 Å². The van der Waals surface area contributed by atoms with Crippen LogP contribution in [0.3, 0.4) is 0 Å². The topological polar surface area (TPSA) is 64.4 Å². The van der Waals surface area contributed by atoms with Crippen LogP contribution in [-0.4, -0.2) is 29.6 Å². The Morgan fingerprint density at radius 3 is 2.78 bits per heavy atom. The van der Waals surface area contributed by atoms with Gasteiger partial charge >= 0.3 is 0 Å². The van der Waals surface area contributed by atoms with Gasteiger partial charge in [0.15, 0.2) is 0 Å². The van der Waals surface area contributed by atoms with Crippen LogP contribution < -0.4 is 10.1 Å². The van der Waals surface area contributed by atoms with Crippen molar-refractivity contribution in [1.29, 1.82) is 0 Å². The van der Waals surface area contributed by atoms with E-state index in [1.54, 1.807) is 12.1 Å². The van der Waals surface area contributed by atoms with E-state index in [9.17, 15) is 10.1 Å². The first-order chi connectivity index (χ1) is 8.70. The molecule has 0 atom stereocenters. The quantitative estimate of drug-likeness (QED) is 0.672. The lowest BCUT2D eigenvalue weighted by Gasteiger charge is -2.23. The molecule has 1 heterocycles. The maximum absolute atomic E-state index is 11.0. The first-order valence-electron chi connectivity index (χ1n) is 5.87. The zero-order chi connectivity index (χ0) is 13.0. The van der Waals surface area contributed by atoms with Crippen LogP contribution >= 0.6 is 11.8 Å². The number of nitrogens with one attached hydrogen (secondary N) is 1. The molecule has 1 aromatic rings. The molecule has 0 saturated carbocycles. The molecule has 0 aromatic heterocycles. The molecular weight excluding hydrogens is 252 g/mol. The van der Waals surface area contributed by atoms with Crippen LogP contribution in [0.25, 0.3) is 0 Å². The van der Waals surface area contributed by atoms with Crippen molar-refractivity contribution in [3.63, 3.8) is 0 Å². The Bertz CT molecular complexity index is 433. The molecule has 5 nitrogen and oxygen atoms in total. The standard InChI is InChI=1S/C12H16N2O3S/c1-17-10-2-3-11(12(8-10)14(15)16)13-9-4-6-18-7-5-9/h2-3,8-9,13H,4-7H2,1H3. The third-order valence-electron chi connectivity index (χ3n) is 2.98. The highest BCUT2D eigenvalue weighted by atomic mass is 32.2. The number of methoxy groups -OCH3 is 1. The predicted octanol–water partition coefficient (Wildman–Crippen LogP) is 2.91. The molecule has 98 valence electrons. The molecule has 0 amide bonds. The van der Waals surface area contributed by atoms with Crippen LogP contribution in [0.4, 0.5) is 11.4 Å². The fraction of sp³-hybridized carbons (Fsp3) is 0.500. The average molecular weight is 268 g/mol. The molecule has 1 saturated heterocycles. The van der Waals surface area contributed by atoms with Gasteiger partial charge in [0.05, 0.1) is 18.1 Å². The number of thioether (sulfide) groups is 1. The number of anilines is 1. The van der Waals surface area contributed by atoms with Crippen molar-refractivity contribution < 1.29 is 9.66 Å². The van der Waals surface area contributed by atoms with Crippen molar-refractivity contribution in [2.75, 3.05) is 23.9 Å². The lowest BCUT2D eigenvalue weighted by molar-refractivity contribution is -0.384. The van der Waals surface area contributed by atoms with E-state index in [1.165, 1.54) is 13.2 Å². The van der Waals surface area contributed by atoms with Crippen molar-refractivity contribution in [3.05, 3.63) is 28.3 Å². The molecule has 0 bridgehead atoms. The van der Waals surface area contributed by atoms with Gasteiger partial charge in [0.1, 0.15) is 11.4 Å². The van der Waals surface area contributed by atoms with Gasteiger partial charge in [0.2, 0.25) is 0 Å². The van der Waals surface area contributed by atoms with E-state index in [0.29, 0.717) is 17.5 Å². The number of rotatable bonds is 4. The lowest BCUT2D eigenvalue weighted by Crippen LogP contribution is -2.24. The SMILES string of the molecule is COc1ccc(NC2CCSCC2)c([N+](=O)[O-])c1. The Kier molecular flexibility index (Phi) is 4.30. The number of nitrogens with zero attached hydrogens (tertiary/aromatic N) is 1. The zero-order valence-electron chi connectivity index (χ0n) is 10.2. The molecule has 1 aliphatic heterocycles. The highest BCUT2D eigenvalue weighted by molar-refractivity contribution is 7.99. The molecule has 2 rings (SSSR count). The normalized spacial score (nSPS) is 16.3. The number of nitro groups is 1. The maximum Gasteiger partial charge on any atom is 0.296 e. The summed E-state index contributed by atoms with van der Waals surface area (Å²) in [5.41, 5.74) is 0.658. The monoisotopic (exact) mass is 268 g/mol. The van der Waals surface area contributed by atoms with E-state index >= 15 is 0 Å². The molecule has 0 unspecified atom stereocenters. The second kappa shape index (κ2) is 5.95. The summed E-state index contributed by atoms with van der Waals surface area (Å²) in [6.45, 7) is 0. The number of hydrogen-bond acceptors (Lipinski definition) is 5. The summed E-state index contributed by atoms with van der Waals surface area (Å²) in [6.07, 6.45) is 2.10. The largest absolute Gasteiger partial charge is 0.496 e. The zero-order valence-corrected chi connectivity index (χ0v) is 11.0. The Labute approximate surface area is 110 Å². The van der Waals surface area contributed by atoms with E-state index in [1.807, 2.05) is 11.8 Å². The second-order valence-electron chi connectivity index (χ2n) is 4.17. The predicted molar refractivity (Wildman–Crippen MR) is 73.6 cm³/mol. The van der Waals surface area contributed by atoms with E-state index in [2.05, 4.69) is 5.32 Å². The average Bonchev–Trinajstić information content (AvgIpc) is 2.40. The van der Waals surface area contributed by atoms with Gasteiger partial charge in [-0.3, -0.25) is 10.1 Å². The van der Waals surface area contributed by atoms with Gasteiger partial charge < -0.3 is 10.1 Å². The van der Waals surface area contributed by atoms with E-state index in [4.69, 9.17) is 4.74 Å². The molecule has 18 heavy (non-hydrogen) atoms. The minimum Gasteiger partial charge on any atom is -0.496 e. The van der Waals surface area contributed by atoms with E-state index < -0.39 is 0 Å². The Morgan fingerprint density at radius 2 is 2.17 bits per heavy atom. The van der Waals surface area contributed by atoms with Crippen LogP contribution in [0.2, 0.25) is 0 Å². The molecule has 0 spiro atoms. The lowest BCUT2D eigenvalue weighted by atomic mass is 10.1. The first kappa shape index (κ1) is 13.0. The van der Waals surface area contributed by atoms with Crippen molar-refractivity contribution in [1.82, 2.24) is 0 Å². The number of nitro benzene ring substituents is 1. The Hall–Kier alpha value is -1.43. The van der Waals surface area contributed by atoms with Crippen molar-refractivity contribution in [3.8, 4) is 5.75 Å². The van der Waals surface area contributed by atoms with Crippen molar-refractivity contribution in [2.45, 2.75) is 18.9 Å². The second-order valence-corrected chi connectivity index (χ2v) is 5.40. The molecule has 6 heteroatoms. The van der Waals surface area contributed by atoms with Gasteiger partial charge in [-0.25, -0.2) is 0 Å². The van der Waals surface area contributed by atoms with E-state index in [-0.39, 0.29) is 10.6 Å². The Morgan fingerprint density at radius 1 is 1.44 bits per heavy atom. The third kappa shape index (κ3) is 3.07. The van der Waals surface area contributed by atoms with Gasteiger partial charge in [-0.15, -0.1) is 0 Å². The summed E-state index contributed by atoms with van der Waals surface area (Å²) in [5.74, 6) is 2.73. The van der Waals surface area contributed by atoms with Crippen LogP contribution in [-0.2, 0) is 0 Å². The number of hydrogen-bond donors (Lipinski definition) is 1. The minimum atomic E-state index is -0.373. The number of benzene rings is 1. The molecule has 1 fully saturated rings. The summed E-state index contributed by atoms with van der Waals surface area (Å²) >= 11 is 1.93. The highest BCUT2D eigenvalue weighted by Crippen LogP contribution is 2.31. The summed E-state index contributed by atoms with van der Waals surface area (Å²) in [7, 11) is 1.50. The molecule has 0 aliphatic carbocycles. The third-order valence-corrected chi connectivity index (χ3v) is 4.03. The maximum atomic E-state index is 11.0. The van der Waals surface area contributed by atoms with E-state index in [0.717, 1.165) is 24.3 Å². The van der Waals surface area contributed by atoms with Gasteiger partial charge in [-0.2, -0.15) is 11.8 Å². The fourth-order valence-electron chi connectivity index (χ4n) is 1.97. The smallest absolute Gasteiger partial charge is 0.296 e. The van der Waals surface area contributed by atoms with Gasteiger partial charge in [0, 0.05) is 6.04 Å². The van der Waals surface area contributed by atoms with Crippen molar-refractivity contribution in [2.24, 2.45) is 0 Å². The van der Waals surface area contributed by atoms with Crippen LogP contribution in [0, 0.1) is 10.1 Å². The van der Waals surface area contributed by atoms with Gasteiger partial charge in [-0.1, -0.05) is 0 Å². The summed E-state index contributed by atoms with van der Waals surface area (Å²) in [5, 5.41) is 14.3.